The van der Waals surface area contributed by atoms with E-state index in [0.717, 1.165) is 27.1 Å². The average Bonchev–Trinajstić information content (AvgIpc) is 2.86. The Labute approximate surface area is 161 Å². The van der Waals surface area contributed by atoms with Crippen molar-refractivity contribution in [3.63, 3.8) is 0 Å². The number of nitriles is 1. The second-order valence-electron chi connectivity index (χ2n) is 6.10. The molecule has 0 spiro atoms. The van der Waals surface area contributed by atoms with Gasteiger partial charge < -0.3 is 9.51 Å². The first-order chi connectivity index (χ1) is 12.7. The van der Waals surface area contributed by atoms with E-state index < -0.39 is 15.8 Å². The van der Waals surface area contributed by atoms with Crippen LogP contribution >= 0.6 is 11.8 Å². The van der Waals surface area contributed by atoms with Crippen molar-refractivity contribution in [1.29, 1.82) is 5.26 Å². The fraction of sp³-hybridized carbons (Fsp3) is 0.158. The molecule has 0 fully saturated rings. The average molecular weight is 400 g/mol. The molecule has 0 saturated heterocycles. The van der Waals surface area contributed by atoms with Crippen molar-refractivity contribution in [2.75, 3.05) is 6.26 Å². The van der Waals surface area contributed by atoms with Crippen LogP contribution in [0, 0.1) is 18.3 Å². The first kappa shape index (κ1) is 19.0. The number of benzene rings is 1. The second kappa shape index (κ2) is 7.10. The summed E-state index contributed by atoms with van der Waals surface area (Å²) in [7, 11) is -3.27. The highest BCUT2D eigenvalue weighted by atomic mass is 32.2. The summed E-state index contributed by atoms with van der Waals surface area (Å²) in [5.41, 5.74) is 2.71. The molecule has 3 aromatic rings. The van der Waals surface area contributed by atoms with Gasteiger partial charge in [-0.05, 0) is 48.9 Å². The molecule has 3 rings (SSSR count). The minimum atomic E-state index is -3.27. The first-order valence-corrected chi connectivity index (χ1v) is 10.6. The fourth-order valence-corrected chi connectivity index (χ4v) is 4.52. The van der Waals surface area contributed by atoms with Crippen LogP contribution in [-0.2, 0) is 21.1 Å². The Hall–Kier alpha value is -2.76. The van der Waals surface area contributed by atoms with Crippen molar-refractivity contribution >= 4 is 33.1 Å². The molecule has 1 aromatic carbocycles. The van der Waals surface area contributed by atoms with E-state index in [2.05, 4.69) is 6.07 Å². The standard InChI is InChI=1S/C19H16N2O4S2/c1-12-16(10-18(22)23)21-8-7-13(11-20)9-17(21)19(12)26-14-3-5-15(6-4-14)27(2,24)25/h3-9H,10H2,1-2H3,(H,22,23). The summed E-state index contributed by atoms with van der Waals surface area (Å²) in [5.74, 6) is -0.934. The maximum atomic E-state index is 11.6. The predicted octanol–water partition coefficient (Wildman–Crippen LogP) is 3.30. The zero-order valence-electron chi connectivity index (χ0n) is 14.6. The van der Waals surface area contributed by atoms with E-state index in [-0.39, 0.29) is 11.3 Å². The van der Waals surface area contributed by atoms with Crippen molar-refractivity contribution < 1.29 is 18.3 Å². The lowest BCUT2D eigenvalue weighted by atomic mass is 10.2. The van der Waals surface area contributed by atoms with Gasteiger partial charge in [0.25, 0.3) is 0 Å². The van der Waals surface area contributed by atoms with Crippen molar-refractivity contribution in [3.8, 4) is 6.07 Å². The zero-order valence-corrected chi connectivity index (χ0v) is 16.3. The Morgan fingerprint density at radius 2 is 1.93 bits per heavy atom. The number of aromatic nitrogens is 1. The molecular formula is C19H16N2O4S2. The number of carboxylic acid groups (broad SMARTS) is 1. The van der Waals surface area contributed by atoms with E-state index in [9.17, 15) is 23.6 Å². The van der Waals surface area contributed by atoms with Crippen molar-refractivity contribution in [1.82, 2.24) is 4.40 Å². The maximum Gasteiger partial charge on any atom is 0.309 e. The Kier molecular flexibility index (Phi) is 5.00. The third-order valence-corrected chi connectivity index (χ3v) is 6.53. The lowest BCUT2D eigenvalue weighted by Crippen LogP contribution is -2.04. The Morgan fingerprint density at radius 1 is 1.26 bits per heavy atom. The van der Waals surface area contributed by atoms with Gasteiger partial charge in [0, 0.05) is 27.9 Å². The van der Waals surface area contributed by atoms with Crippen LogP contribution in [0.15, 0.2) is 57.3 Å². The van der Waals surface area contributed by atoms with E-state index in [4.69, 9.17) is 0 Å². The molecule has 0 radical (unpaired) electrons. The molecule has 0 unspecified atom stereocenters. The van der Waals surface area contributed by atoms with Gasteiger partial charge in [-0.25, -0.2) is 8.42 Å². The van der Waals surface area contributed by atoms with E-state index in [1.54, 1.807) is 47.0 Å². The Morgan fingerprint density at radius 3 is 2.48 bits per heavy atom. The molecular weight excluding hydrogens is 384 g/mol. The number of carboxylic acids is 1. The highest BCUT2D eigenvalue weighted by Crippen LogP contribution is 2.37. The van der Waals surface area contributed by atoms with Crippen LogP contribution in [0.5, 0.6) is 0 Å². The molecule has 0 saturated carbocycles. The van der Waals surface area contributed by atoms with Crippen LogP contribution in [0.3, 0.4) is 0 Å². The number of hydrogen-bond acceptors (Lipinski definition) is 5. The van der Waals surface area contributed by atoms with Crippen molar-refractivity contribution in [3.05, 3.63) is 59.4 Å². The molecule has 0 amide bonds. The summed E-state index contributed by atoms with van der Waals surface area (Å²) in [6, 6.07) is 12.0. The summed E-state index contributed by atoms with van der Waals surface area (Å²) in [6.07, 6.45) is 2.73. The Balaban J connectivity index is 2.11. The molecule has 2 heterocycles. The highest BCUT2D eigenvalue weighted by Gasteiger charge is 2.19. The number of pyridine rings is 1. The van der Waals surface area contributed by atoms with Gasteiger partial charge in [0.15, 0.2) is 9.84 Å². The fourth-order valence-electron chi connectivity index (χ4n) is 2.85. The molecule has 0 bridgehead atoms. The third kappa shape index (κ3) is 3.84. The topological polar surface area (TPSA) is 99.6 Å². The molecule has 0 aliphatic rings. The zero-order chi connectivity index (χ0) is 19.8. The number of rotatable bonds is 5. The quantitative estimate of drug-likeness (QED) is 0.705. The Bertz CT molecular complexity index is 1190. The maximum absolute atomic E-state index is 11.6. The lowest BCUT2D eigenvalue weighted by molar-refractivity contribution is -0.136. The minimum Gasteiger partial charge on any atom is -0.481 e. The van der Waals surface area contributed by atoms with Crippen LogP contribution in [0.25, 0.3) is 5.52 Å². The minimum absolute atomic E-state index is 0.132. The first-order valence-electron chi connectivity index (χ1n) is 7.94. The number of sulfone groups is 1. The number of carbonyl (C=O) groups is 1. The smallest absolute Gasteiger partial charge is 0.309 e. The van der Waals surface area contributed by atoms with Gasteiger partial charge in [-0.15, -0.1) is 0 Å². The van der Waals surface area contributed by atoms with Crippen LogP contribution in [0.2, 0.25) is 0 Å². The van der Waals surface area contributed by atoms with Gasteiger partial charge in [-0.3, -0.25) is 4.79 Å². The number of hydrogen-bond donors (Lipinski definition) is 1. The van der Waals surface area contributed by atoms with Gasteiger partial charge in [0.05, 0.1) is 28.5 Å². The van der Waals surface area contributed by atoms with E-state index >= 15 is 0 Å². The SMILES string of the molecule is Cc1c(Sc2ccc(S(C)(=O)=O)cc2)c2cc(C#N)ccn2c1CC(=O)O. The van der Waals surface area contributed by atoms with Gasteiger partial charge in [0.2, 0.25) is 0 Å². The number of aliphatic carboxylic acids is 1. The van der Waals surface area contributed by atoms with E-state index in [0.29, 0.717) is 11.3 Å². The molecule has 138 valence electrons. The summed E-state index contributed by atoms with van der Waals surface area (Å²) in [4.78, 5) is 13.2. The largest absolute Gasteiger partial charge is 0.481 e. The molecule has 0 aliphatic heterocycles. The number of nitrogens with zero attached hydrogens (tertiary/aromatic N) is 2. The van der Waals surface area contributed by atoms with Crippen LogP contribution in [0.4, 0.5) is 0 Å². The van der Waals surface area contributed by atoms with Crippen LogP contribution in [-0.4, -0.2) is 30.2 Å². The lowest BCUT2D eigenvalue weighted by Gasteiger charge is -2.04. The normalized spacial score (nSPS) is 11.4. The molecule has 8 heteroatoms. The van der Waals surface area contributed by atoms with Crippen LogP contribution < -0.4 is 0 Å². The van der Waals surface area contributed by atoms with Gasteiger partial charge in [-0.1, -0.05) is 11.8 Å². The van der Waals surface area contributed by atoms with Crippen molar-refractivity contribution in [2.24, 2.45) is 0 Å². The van der Waals surface area contributed by atoms with Crippen molar-refractivity contribution in [2.45, 2.75) is 28.0 Å². The van der Waals surface area contributed by atoms with E-state index in [1.165, 1.54) is 11.8 Å². The molecule has 6 nitrogen and oxygen atoms in total. The predicted molar refractivity (Wildman–Crippen MR) is 102 cm³/mol. The van der Waals surface area contributed by atoms with Crippen LogP contribution in [0.1, 0.15) is 16.8 Å². The molecule has 0 atom stereocenters. The molecule has 27 heavy (non-hydrogen) atoms. The monoisotopic (exact) mass is 400 g/mol. The van der Waals surface area contributed by atoms with Gasteiger partial charge in [-0.2, -0.15) is 5.26 Å². The summed E-state index contributed by atoms with van der Waals surface area (Å²) in [5, 5.41) is 18.4. The second-order valence-corrected chi connectivity index (χ2v) is 9.20. The molecule has 0 aliphatic carbocycles. The highest BCUT2D eigenvalue weighted by molar-refractivity contribution is 7.99. The van der Waals surface area contributed by atoms with E-state index in [1.807, 2.05) is 6.92 Å². The van der Waals surface area contributed by atoms with Gasteiger partial charge in [0.1, 0.15) is 0 Å². The van der Waals surface area contributed by atoms with Gasteiger partial charge >= 0.3 is 5.97 Å². The number of fused-ring (bicyclic) bond motifs is 1. The summed E-state index contributed by atoms with van der Waals surface area (Å²) in [6.45, 7) is 1.85. The summed E-state index contributed by atoms with van der Waals surface area (Å²) >= 11 is 1.41. The third-order valence-electron chi connectivity index (χ3n) is 4.17. The summed E-state index contributed by atoms with van der Waals surface area (Å²) < 4.78 is 25.0. The molecule has 1 N–H and O–H groups in total. The molecule has 2 aromatic heterocycles.